The van der Waals surface area contributed by atoms with E-state index in [4.69, 9.17) is 4.74 Å². The Balaban J connectivity index is 2.48. The highest BCUT2D eigenvalue weighted by Gasteiger charge is 2.11. The monoisotopic (exact) mass is 264 g/mol. The molecule has 1 aromatic heterocycles. The maximum absolute atomic E-state index is 5.87. The lowest BCUT2D eigenvalue weighted by atomic mass is 10.1. The van der Waals surface area contributed by atoms with E-state index in [2.05, 4.69) is 44.9 Å². The third kappa shape index (κ3) is 7.16. The van der Waals surface area contributed by atoms with Gasteiger partial charge in [-0.25, -0.2) is 0 Å². The zero-order chi connectivity index (χ0) is 14.3. The first kappa shape index (κ1) is 16.0. The molecule has 0 aliphatic carbocycles. The van der Waals surface area contributed by atoms with E-state index in [0.29, 0.717) is 0 Å². The zero-order valence-corrected chi connectivity index (χ0v) is 13.0. The highest BCUT2D eigenvalue weighted by molar-refractivity contribution is 5.30. The van der Waals surface area contributed by atoms with Crippen LogP contribution in [0.4, 0.5) is 0 Å². The predicted molar refractivity (Wildman–Crippen MR) is 80.4 cm³/mol. The third-order valence-electron chi connectivity index (χ3n) is 2.85. The Kier molecular flexibility index (Phi) is 6.29. The van der Waals surface area contributed by atoms with E-state index in [1.165, 1.54) is 6.42 Å². The number of pyridine rings is 1. The molecule has 0 spiro atoms. The largest absolute Gasteiger partial charge is 0.493 e. The molecule has 108 valence electrons. The number of hydrogen-bond acceptors (Lipinski definition) is 3. The fourth-order valence-electron chi connectivity index (χ4n) is 1.72. The molecule has 0 amide bonds. The summed E-state index contributed by atoms with van der Waals surface area (Å²) in [6.45, 7) is 12.5. The molecule has 0 aromatic carbocycles. The van der Waals surface area contributed by atoms with Crippen LogP contribution in [0, 0.1) is 5.92 Å². The van der Waals surface area contributed by atoms with Crippen molar-refractivity contribution in [1.29, 1.82) is 0 Å². The summed E-state index contributed by atoms with van der Waals surface area (Å²) in [5, 5.41) is 3.47. The summed E-state index contributed by atoms with van der Waals surface area (Å²) < 4.78 is 5.87. The van der Waals surface area contributed by atoms with Crippen molar-refractivity contribution in [3.05, 3.63) is 24.0 Å². The van der Waals surface area contributed by atoms with Crippen molar-refractivity contribution in [2.45, 2.75) is 59.5 Å². The van der Waals surface area contributed by atoms with Gasteiger partial charge in [-0.3, -0.25) is 4.98 Å². The fraction of sp³-hybridized carbons (Fsp3) is 0.688. The highest BCUT2D eigenvalue weighted by atomic mass is 16.5. The molecule has 0 aliphatic rings. The molecule has 0 fully saturated rings. The maximum Gasteiger partial charge on any atom is 0.126 e. The van der Waals surface area contributed by atoms with Gasteiger partial charge in [-0.2, -0.15) is 0 Å². The Labute approximate surface area is 117 Å². The summed E-state index contributed by atoms with van der Waals surface area (Å²) in [4.78, 5) is 4.18. The Bertz CT molecular complexity index is 369. The molecular weight excluding hydrogens is 236 g/mol. The molecule has 0 atom stereocenters. The number of rotatable bonds is 7. The van der Waals surface area contributed by atoms with E-state index < -0.39 is 0 Å². The van der Waals surface area contributed by atoms with Gasteiger partial charge < -0.3 is 10.1 Å². The molecule has 3 nitrogen and oxygen atoms in total. The molecule has 1 heterocycles. The SMILES string of the molecule is CC(C)CCCOc1ccncc1CNC(C)(C)C. The lowest BCUT2D eigenvalue weighted by Gasteiger charge is -2.21. The average molecular weight is 264 g/mol. The summed E-state index contributed by atoms with van der Waals surface area (Å²) in [5.41, 5.74) is 1.23. The van der Waals surface area contributed by atoms with Crippen molar-refractivity contribution in [1.82, 2.24) is 10.3 Å². The first-order valence-electron chi connectivity index (χ1n) is 7.19. The van der Waals surface area contributed by atoms with Crippen LogP contribution in [0.2, 0.25) is 0 Å². The van der Waals surface area contributed by atoms with Crippen LogP contribution in [0.1, 0.15) is 53.0 Å². The first-order chi connectivity index (χ1) is 8.88. The van der Waals surface area contributed by atoms with Crippen LogP contribution in [0.3, 0.4) is 0 Å². The van der Waals surface area contributed by atoms with Crippen LogP contribution < -0.4 is 10.1 Å². The van der Waals surface area contributed by atoms with Crippen LogP contribution in [-0.2, 0) is 6.54 Å². The molecule has 0 saturated carbocycles. The van der Waals surface area contributed by atoms with E-state index in [1.54, 1.807) is 6.20 Å². The Morgan fingerprint density at radius 1 is 1.32 bits per heavy atom. The van der Waals surface area contributed by atoms with Crippen LogP contribution in [0.5, 0.6) is 5.75 Å². The topological polar surface area (TPSA) is 34.1 Å². The smallest absolute Gasteiger partial charge is 0.126 e. The van der Waals surface area contributed by atoms with Crippen LogP contribution in [0.15, 0.2) is 18.5 Å². The molecular formula is C16H28N2O. The second-order valence-corrected chi connectivity index (χ2v) is 6.47. The first-order valence-corrected chi connectivity index (χ1v) is 7.19. The Morgan fingerprint density at radius 3 is 2.68 bits per heavy atom. The normalized spacial score (nSPS) is 11.9. The van der Waals surface area contributed by atoms with Gasteiger partial charge in [0.2, 0.25) is 0 Å². The van der Waals surface area contributed by atoms with E-state index in [-0.39, 0.29) is 5.54 Å². The zero-order valence-electron chi connectivity index (χ0n) is 13.0. The fourth-order valence-corrected chi connectivity index (χ4v) is 1.72. The van der Waals surface area contributed by atoms with Gasteiger partial charge >= 0.3 is 0 Å². The van der Waals surface area contributed by atoms with Crippen molar-refractivity contribution < 1.29 is 4.74 Å². The minimum Gasteiger partial charge on any atom is -0.493 e. The molecule has 19 heavy (non-hydrogen) atoms. The van der Waals surface area contributed by atoms with Crippen LogP contribution in [0.25, 0.3) is 0 Å². The van der Waals surface area contributed by atoms with Gasteiger partial charge in [-0.05, 0) is 45.6 Å². The minimum atomic E-state index is 0.102. The van der Waals surface area contributed by atoms with Gasteiger partial charge in [-0.15, -0.1) is 0 Å². The van der Waals surface area contributed by atoms with E-state index >= 15 is 0 Å². The summed E-state index contributed by atoms with van der Waals surface area (Å²) in [7, 11) is 0. The van der Waals surface area contributed by atoms with Gasteiger partial charge in [0.05, 0.1) is 6.61 Å². The average Bonchev–Trinajstić information content (AvgIpc) is 2.32. The number of hydrogen-bond donors (Lipinski definition) is 1. The van der Waals surface area contributed by atoms with Crippen molar-refractivity contribution >= 4 is 0 Å². The molecule has 0 aliphatic heterocycles. The Hall–Kier alpha value is -1.09. The van der Waals surface area contributed by atoms with E-state index in [0.717, 1.165) is 36.8 Å². The number of ether oxygens (including phenoxy) is 1. The molecule has 1 aromatic rings. The third-order valence-corrected chi connectivity index (χ3v) is 2.85. The number of nitrogens with one attached hydrogen (secondary N) is 1. The number of nitrogens with zero attached hydrogens (tertiary/aromatic N) is 1. The van der Waals surface area contributed by atoms with Gasteiger partial charge in [0.15, 0.2) is 0 Å². The molecule has 0 saturated heterocycles. The standard InChI is InChI=1S/C16H28N2O/c1-13(2)7-6-10-19-15-8-9-17-11-14(15)12-18-16(3,4)5/h8-9,11,13,18H,6-7,10,12H2,1-5H3. The summed E-state index contributed by atoms with van der Waals surface area (Å²) in [6, 6.07) is 1.95. The maximum atomic E-state index is 5.87. The second-order valence-electron chi connectivity index (χ2n) is 6.47. The predicted octanol–water partition coefficient (Wildman–Crippen LogP) is 3.78. The van der Waals surface area contributed by atoms with E-state index in [1.807, 2.05) is 12.3 Å². The number of aromatic nitrogens is 1. The molecule has 3 heteroatoms. The van der Waals surface area contributed by atoms with Gasteiger partial charge in [-0.1, -0.05) is 13.8 Å². The quantitative estimate of drug-likeness (QED) is 0.761. The molecule has 1 N–H and O–H groups in total. The molecule has 0 bridgehead atoms. The Morgan fingerprint density at radius 2 is 2.05 bits per heavy atom. The van der Waals surface area contributed by atoms with E-state index in [9.17, 15) is 0 Å². The second kappa shape index (κ2) is 7.49. The van der Waals surface area contributed by atoms with Crippen molar-refractivity contribution in [2.75, 3.05) is 6.61 Å². The van der Waals surface area contributed by atoms with Crippen LogP contribution >= 0.6 is 0 Å². The molecule has 0 radical (unpaired) electrons. The summed E-state index contributed by atoms with van der Waals surface area (Å²) in [5.74, 6) is 1.69. The highest BCUT2D eigenvalue weighted by Crippen LogP contribution is 2.18. The molecule has 1 rings (SSSR count). The lowest BCUT2D eigenvalue weighted by molar-refractivity contribution is 0.292. The lowest BCUT2D eigenvalue weighted by Crippen LogP contribution is -2.35. The van der Waals surface area contributed by atoms with Crippen molar-refractivity contribution in [3.63, 3.8) is 0 Å². The van der Waals surface area contributed by atoms with Crippen molar-refractivity contribution in [3.8, 4) is 5.75 Å². The van der Waals surface area contributed by atoms with Gasteiger partial charge in [0.1, 0.15) is 5.75 Å². The van der Waals surface area contributed by atoms with Crippen LogP contribution in [-0.4, -0.2) is 17.1 Å². The van der Waals surface area contributed by atoms with Crippen molar-refractivity contribution in [2.24, 2.45) is 5.92 Å². The van der Waals surface area contributed by atoms with Gasteiger partial charge in [0, 0.05) is 30.0 Å². The molecule has 0 unspecified atom stereocenters. The van der Waals surface area contributed by atoms with Gasteiger partial charge in [0.25, 0.3) is 0 Å². The summed E-state index contributed by atoms with van der Waals surface area (Å²) >= 11 is 0. The summed E-state index contributed by atoms with van der Waals surface area (Å²) in [6.07, 6.45) is 5.99. The minimum absolute atomic E-state index is 0.102.